The number of carbonyl (C=O) groups excluding carboxylic acids is 1. The Balaban J connectivity index is 1.74. The number of aliphatic hydroxyl groups is 1. The summed E-state index contributed by atoms with van der Waals surface area (Å²) in [5.74, 6) is 1.05. The van der Waals surface area contributed by atoms with Gasteiger partial charge in [0.15, 0.2) is 0 Å². The van der Waals surface area contributed by atoms with E-state index < -0.39 is 17.3 Å². The summed E-state index contributed by atoms with van der Waals surface area (Å²) in [6, 6.07) is 4.97. The van der Waals surface area contributed by atoms with Crippen LogP contribution >= 0.6 is 11.8 Å². The molecular weight excluding hydrogens is 403 g/mol. The maximum atomic E-state index is 13.1. The van der Waals surface area contributed by atoms with Gasteiger partial charge in [0, 0.05) is 24.0 Å². The normalized spacial score (nSPS) is 14.8. The summed E-state index contributed by atoms with van der Waals surface area (Å²) in [5.41, 5.74) is -0.160. The van der Waals surface area contributed by atoms with Crippen molar-refractivity contribution < 1.29 is 23.1 Å². The molecule has 158 valence electrons. The van der Waals surface area contributed by atoms with Gasteiger partial charge in [-0.3, -0.25) is 4.79 Å². The SMILES string of the molecule is CC(C)(O)CSCCNC(=O)c1cnn(-c2cccc(C(F)(F)F)c2)c1C1CC1. The van der Waals surface area contributed by atoms with Crippen LogP contribution in [0.25, 0.3) is 5.69 Å². The first-order valence-corrected chi connectivity index (χ1v) is 10.6. The minimum absolute atomic E-state index is 0.123. The van der Waals surface area contributed by atoms with Gasteiger partial charge >= 0.3 is 6.18 Å². The molecule has 2 aromatic rings. The molecule has 1 fully saturated rings. The second kappa shape index (κ2) is 8.39. The van der Waals surface area contributed by atoms with Crippen molar-refractivity contribution in [3.8, 4) is 5.69 Å². The monoisotopic (exact) mass is 427 g/mol. The first kappa shape index (κ1) is 21.7. The zero-order chi connectivity index (χ0) is 21.2. The van der Waals surface area contributed by atoms with Crippen LogP contribution in [0.2, 0.25) is 0 Å². The lowest BCUT2D eigenvalue weighted by Gasteiger charge is -2.16. The number of carbonyl (C=O) groups is 1. The van der Waals surface area contributed by atoms with Crippen molar-refractivity contribution in [1.29, 1.82) is 0 Å². The number of nitrogens with zero attached hydrogens (tertiary/aromatic N) is 2. The van der Waals surface area contributed by atoms with Gasteiger partial charge in [-0.1, -0.05) is 6.07 Å². The lowest BCUT2D eigenvalue weighted by molar-refractivity contribution is -0.137. The van der Waals surface area contributed by atoms with Gasteiger partial charge in [0.05, 0.1) is 34.3 Å². The Labute approximate surface area is 171 Å². The van der Waals surface area contributed by atoms with E-state index in [1.54, 1.807) is 19.9 Å². The third kappa shape index (κ3) is 5.76. The number of benzene rings is 1. The maximum absolute atomic E-state index is 13.1. The van der Waals surface area contributed by atoms with Crippen LogP contribution in [0.4, 0.5) is 13.2 Å². The van der Waals surface area contributed by atoms with E-state index in [0.29, 0.717) is 35.0 Å². The Morgan fingerprint density at radius 1 is 1.34 bits per heavy atom. The van der Waals surface area contributed by atoms with Crippen LogP contribution in [0.5, 0.6) is 0 Å². The molecule has 1 amide bonds. The summed E-state index contributed by atoms with van der Waals surface area (Å²) in [6.45, 7) is 3.88. The lowest BCUT2D eigenvalue weighted by atomic mass is 10.1. The predicted molar refractivity (Wildman–Crippen MR) is 106 cm³/mol. The highest BCUT2D eigenvalue weighted by Gasteiger charge is 2.34. The highest BCUT2D eigenvalue weighted by Crippen LogP contribution is 2.42. The highest BCUT2D eigenvalue weighted by atomic mass is 32.2. The number of nitrogens with one attached hydrogen (secondary N) is 1. The molecule has 9 heteroatoms. The molecule has 0 bridgehead atoms. The Morgan fingerprint density at radius 3 is 2.69 bits per heavy atom. The van der Waals surface area contributed by atoms with E-state index in [-0.39, 0.29) is 11.8 Å². The Bertz CT molecular complexity index is 871. The summed E-state index contributed by atoms with van der Waals surface area (Å²) in [7, 11) is 0. The van der Waals surface area contributed by atoms with Crippen LogP contribution in [0.1, 0.15) is 54.2 Å². The van der Waals surface area contributed by atoms with E-state index in [1.807, 2.05) is 0 Å². The largest absolute Gasteiger partial charge is 0.416 e. The van der Waals surface area contributed by atoms with Gasteiger partial charge in [-0.05, 0) is 44.9 Å². The minimum Gasteiger partial charge on any atom is -0.390 e. The molecule has 0 atom stereocenters. The standard InChI is InChI=1S/C20H24F3N3O2S/c1-19(2,28)12-29-9-8-24-18(27)16-11-25-26(17(16)13-6-7-13)15-5-3-4-14(10-15)20(21,22)23/h3-5,10-11,13,28H,6-9,12H2,1-2H3,(H,24,27). The van der Waals surface area contributed by atoms with Gasteiger partial charge in [0.1, 0.15) is 0 Å². The number of hydrogen-bond donors (Lipinski definition) is 2. The van der Waals surface area contributed by atoms with Gasteiger partial charge in [-0.25, -0.2) is 4.68 Å². The van der Waals surface area contributed by atoms with Crippen LogP contribution in [-0.2, 0) is 6.18 Å². The topological polar surface area (TPSA) is 67.2 Å². The molecule has 0 unspecified atom stereocenters. The third-order valence-corrected chi connectivity index (χ3v) is 5.82. The number of rotatable bonds is 8. The van der Waals surface area contributed by atoms with Crippen molar-refractivity contribution in [1.82, 2.24) is 15.1 Å². The summed E-state index contributed by atoms with van der Waals surface area (Å²) in [6.07, 6.45) is -1.25. The molecule has 1 aliphatic rings. The van der Waals surface area contributed by atoms with Crippen molar-refractivity contribution in [3.05, 3.63) is 47.3 Å². The van der Waals surface area contributed by atoms with Crippen LogP contribution in [-0.4, -0.2) is 44.4 Å². The van der Waals surface area contributed by atoms with E-state index >= 15 is 0 Å². The molecule has 0 spiro atoms. The van der Waals surface area contributed by atoms with Crippen LogP contribution in [0.3, 0.4) is 0 Å². The molecule has 29 heavy (non-hydrogen) atoms. The summed E-state index contributed by atoms with van der Waals surface area (Å²) in [4.78, 5) is 12.6. The summed E-state index contributed by atoms with van der Waals surface area (Å²) in [5, 5.41) is 16.8. The van der Waals surface area contributed by atoms with Gasteiger partial charge in [0.2, 0.25) is 0 Å². The molecule has 0 saturated heterocycles. The van der Waals surface area contributed by atoms with Crippen molar-refractivity contribution >= 4 is 17.7 Å². The average molecular weight is 427 g/mol. The molecule has 1 aromatic heterocycles. The molecule has 0 aliphatic heterocycles. The van der Waals surface area contributed by atoms with Crippen molar-refractivity contribution in [2.45, 2.75) is 44.4 Å². The van der Waals surface area contributed by atoms with Gasteiger partial charge in [-0.15, -0.1) is 0 Å². The van der Waals surface area contributed by atoms with Crippen molar-refractivity contribution in [2.75, 3.05) is 18.1 Å². The molecule has 1 heterocycles. The van der Waals surface area contributed by atoms with Crippen LogP contribution in [0.15, 0.2) is 30.5 Å². The van der Waals surface area contributed by atoms with Crippen molar-refractivity contribution in [3.63, 3.8) is 0 Å². The zero-order valence-electron chi connectivity index (χ0n) is 16.3. The average Bonchev–Trinajstić information content (AvgIpc) is 3.37. The molecule has 5 nitrogen and oxygen atoms in total. The molecule has 2 N–H and O–H groups in total. The Morgan fingerprint density at radius 2 is 2.07 bits per heavy atom. The highest BCUT2D eigenvalue weighted by molar-refractivity contribution is 7.99. The third-order valence-electron chi connectivity index (χ3n) is 4.42. The van der Waals surface area contributed by atoms with Crippen molar-refractivity contribution in [2.24, 2.45) is 0 Å². The smallest absolute Gasteiger partial charge is 0.390 e. The quantitative estimate of drug-likeness (QED) is 0.625. The lowest BCUT2D eigenvalue weighted by Crippen LogP contribution is -2.28. The zero-order valence-corrected chi connectivity index (χ0v) is 17.1. The molecule has 0 radical (unpaired) electrons. The molecule has 1 aromatic carbocycles. The predicted octanol–water partition coefficient (Wildman–Crippen LogP) is 4.00. The molecule has 1 saturated carbocycles. The number of aromatic nitrogens is 2. The van der Waals surface area contributed by atoms with Gasteiger partial charge in [-0.2, -0.15) is 30.0 Å². The van der Waals surface area contributed by atoms with Gasteiger partial charge < -0.3 is 10.4 Å². The second-order valence-corrected chi connectivity index (χ2v) is 8.90. The number of alkyl halides is 3. The van der Waals surface area contributed by atoms with E-state index in [4.69, 9.17) is 0 Å². The van der Waals surface area contributed by atoms with E-state index in [9.17, 15) is 23.1 Å². The molecule has 1 aliphatic carbocycles. The summed E-state index contributed by atoms with van der Waals surface area (Å²) >= 11 is 1.53. The Hall–Kier alpha value is -2.00. The van der Waals surface area contributed by atoms with E-state index in [2.05, 4.69) is 10.4 Å². The Kier molecular flexibility index (Phi) is 6.28. The van der Waals surface area contributed by atoms with E-state index in [0.717, 1.165) is 25.0 Å². The fraction of sp³-hybridized carbons (Fsp3) is 0.500. The number of hydrogen-bond acceptors (Lipinski definition) is 4. The van der Waals surface area contributed by atoms with Crippen LogP contribution < -0.4 is 5.32 Å². The first-order chi connectivity index (χ1) is 13.6. The summed E-state index contributed by atoms with van der Waals surface area (Å²) < 4.78 is 40.6. The first-order valence-electron chi connectivity index (χ1n) is 9.40. The maximum Gasteiger partial charge on any atom is 0.416 e. The number of thioether (sulfide) groups is 1. The fourth-order valence-corrected chi connectivity index (χ4v) is 3.85. The number of amides is 1. The van der Waals surface area contributed by atoms with Crippen LogP contribution in [0, 0.1) is 0 Å². The molecule has 3 rings (SSSR count). The second-order valence-electron chi connectivity index (χ2n) is 7.80. The molecular formula is C20H24F3N3O2S. The minimum atomic E-state index is -4.44. The van der Waals surface area contributed by atoms with Gasteiger partial charge in [0.25, 0.3) is 5.91 Å². The fourth-order valence-electron chi connectivity index (χ4n) is 2.96. The van der Waals surface area contributed by atoms with E-state index in [1.165, 1.54) is 28.7 Å². The number of halogens is 3.